The van der Waals surface area contributed by atoms with Gasteiger partial charge in [-0.3, -0.25) is 0 Å². The second kappa shape index (κ2) is 14.8. The number of hydrogen-bond donors (Lipinski definition) is 1. The van der Waals surface area contributed by atoms with E-state index < -0.39 is 6.36 Å². The van der Waals surface area contributed by atoms with Gasteiger partial charge in [-0.15, -0.1) is 18.3 Å². The SMILES string of the molecule is CCc1ccccc1N1C(=NC(=O)NCCCC(C)c2ccc(-c3ncn(-c4ccc(OC(F)(F)F)cc4)n3)cc2)SCCC1C. The maximum absolute atomic E-state index is 12.8. The number of anilines is 1. The Morgan fingerprint density at radius 2 is 1.85 bits per heavy atom. The van der Waals surface area contributed by atoms with Crippen molar-refractivity contribution >= 4 is 28.6 Å². The fourth-order valence-electron chi connectivity index (χ4n) is 5.36. The highest BCUT2D eigenvalue weighted by Gasteiger charge is 2.31. The third-order valence-electron chi connectivity index (χ3n) is 7.90. The number of thioether (sulfide) groups is 1. The smallest absolute Gasteiger partial charge is 0.406 e. The van der Waals surface area contributed by atoms with E-state index in [0.29, 0.717) is 18.1 Å². The van der Waals surface area contributed by atoms with Crippen molar-refractivity contribution in [3.8, 4) is 22.8 Å². The van der Waals surface area contributed by atoms with Crippen LogP contribution in [0.3, 0.4) is 0 Å². The highest BCUT2D eigenvalue weighted by atomic mass is 32.2. The van der Waals surface area contributed by atoms with E-state index in [2.05, 4.69) is 62.9 Å². The molecule has 0 radical (unpaired) electrons. The molecular formula is C34H37F3N6O2S. The van der Waals surface area contributed by atoms with Crippen LogP contribution in [0, 0.1) is 0 Å². The minimum absolute atomic E-state index is 0.265. The molecule has 2 amide bonds. The van der Waals surface area contributed by atoms with Crippen LogP contribution in [-0.4, -0.2) is 50.7 Å². The molecule has 5 rings (SSSR count). The molecule has 4 aromatic rings. The molecule has 12 heteroatoms. The summed E-state index contributed by atoms with van der Waals surface area (Å²) in [4.78, 5) is 23.8. The second-order valence-corrected chi connectivity index (χ2v) is 12.2. The quantitative estimate of drug-likeness (QED) is 0.174. The maximum atomic E-state index is 12.8. The third kappa shape index (κ3) is 8.48. The number of urea groups is 1. The predicted octanol–water partition coefficient (Wildman–Crippen LogP) is 8.38. The average Bonchev–Trinajstić information content (AvgIpc) is 3.53. The fourth-order valence-corrected chi connectivity index (χ4v) is 6.56. The average molecular weight is 651 g/mol. The molecule has 1 aliphatic rings. The number of hydrogen-bond acceptors (Lipinski definition) is 5. The van der Waals surface area contributed by atoms with Gasteiger partial charge in [-0.25, -0.2) is 14.5 Å². The number of aryl methyl sites for hydroxylation is 1. The van der Waals surface area contributed by atoms with Gasteiger partial charge in [-0.1, -0.05) is 68.1 Å². The number of nitrogens with one attached hydrogen (secondary N) is 1. The Hall–Kier alpha value is -4.32. The van der Waals surface area contributed by atoms with Crippen LogP contribution < -0.4 is 15.0 Å². The van der Waals surface area contributed by atoms with Crippen LogP contribution in [0.5, 0.6) is 5.75 Å². The molecule has 0 aliphatic carbocycles. The molecule has 0 bridgehead atoms. The largest absolute Gasteiger partial charge is 0.573 e. The number of halogens is 3. The molecule has 8 nitrogen and oxygen atoms in total. The van der Waals surface area contributed by atoms with Crippen molar-refractivity contribution in [3.05, 3.63) is 90.3 Å². The van der Waals surface area contributed by atoms with Crippen molar-refractivity contribution in [3.63, 3.8) is 0 Å². The number of amides is 2. The Balaban J connectivity index is 1.12. The molecule has 1 aliphatic heterocycles. The minimum Gasteiger partial charge on any atom is -0.406 e. The van der Waals surface area contributed by atoms with Gasteiger partial charge in [0.15, 0.2) is 11.0 Å². The molecule has 1 aromatic heterocycles. The Morgan fingerprint density at radius 1 is 1.11 bits per heavy atom. The summed E-state index contributed by atoms with van der Waals surface area (Å²) < 4.78 is 42.7. The maximum Gasteiger partial charge on any atom is 0.573 e. The zero-order valence-electron chi connectivity index (χ0n) is 26.0. The van der Waals surface area contributed by atoms with Gasteiger partial charge in [0.2, 0.25) is 0 Å². The first-order chi connectivity index (χ1) is 22.1. The number of benzene rings is 3. The molecule has 2 heterocycles. The number of amidine groups is 1. The summed E-state index contributed by atoms with van der Waals surface area (Å²) >= 11 is 1.63. The normalized spacial score (nSPS) is 16.8. The number of aliphatic imine (C=N–C) groups is 1. The minimum atomic E-state index is -4.74. The Morgan fingerprint density at radius 3 is 2.57 bits per heavy atom. The van der Waals surface area contributed by atoms with E-state index in [-0.39, 0.29) is 23.7 Å². The van der Waals surface area contributed by atoms with Crippen LogP contribution in [-0.2, 0) is 6.42 Å². The summed E-state index contributed by atoms with van der Waals surface area (Å²) in [6.07, 6.45) is 0.414. The molecule has 46 heavy (non-hydrogen) atoms. The van der Waals surface area contributed by atoms with E-state index >= 15 is 0 Å². The van der Waals surface area contributed by atoms with Gasteiger partial charge in [0, 0.05) is 29.6 Å². The van der Waals surface area contributed by atoms with Crippen molar-refractivity contribution in [2.24, 2.45) is 4.99 Å². The van der Waals surface area contributed by atoms with Crippen molar-refractivity contribution in [2.45, 2.75) is 64.8 Å². The van der Waals surface area contributed by atoms with Crippen LogP contribution in [0.25, 0.3) is 17.1 Å². The number of para-hydroxylation sites is 1. The molecule has 1 fully saturated rings. The van der Waals surface area contributed by atoms with Crippen LogP contribution >= 0.6 is 11.8 Å². The lowest BCUT2D eigenvalue weighted by molar-refractivity contribution is -0.274. The standard InChI is InChI=1S/C34H37F3N6O2S/c1-4-25-9-5-6-10-30(25)43-24(3)19-21-46-33(43)40-32(44)38-20-7-8-23(2)26-11-13-27(14-12-26)31-39-22-42(41-31)28-15-17-29(18-16-28)45-34(35,36)37/h5-6,9-18,22-24H,4,7-8,19-21H2,1-3H3,(H,38,44). The number of ether oxygens (including phenoxy) is 1. The lowest BCUT2D eigenvalue weighted by Crippen LogP contribution is -2.42. The second-order valence-electron chi connectivity index (χ2n) is 11.2. The third-order valence-corrected chi connectivity index (χ3v) is 8.88. The van der Waals surface area contributed by atoms with Crippen LogP contribution in [0.4, 0.5) is 23.7 Å². The van der Waals surface area contributed by atoms with E-state index in [4.69, 9.17) is 0 Å². The van der Waals surface area contributed by atoms with Gasteiger partial charge >= 0.3 is 12.4 Å². The van der Waals surface area contributed by atoms with Crippen molar-refractivity contribution < 1.29 is 22.7 Å². The molecule has 2 atom stereocenters. The van der Waals surface area contributed by atoms with Crippen LogP contribution in [0.15, 0.2) is 84.1 Å². The molecule has 0 saturated carbocycles. The molecule has 242 valence electrons. The van der Waals surface area contributed by atoms with Gasteiger partial charge in [-0.05, 0) is 80.0 Å². The first kappa shape index (κ1) is 33.1. The summed E-state index contributed by atoms with van der Waals surface area (Å²) in [7, 11) is 0. The van der Waals surface area contributed by atoms with E-state index in [1.165, 1.54) is 40.8 Å². The van der Waals surface area contributed by atoms with E-state index in [1.807, 2.05) is 36.4 Å². The number of nitrogens with zero attached hydrogens (tertiary/aromatic N) is 5. The van der Waals surface area contributed by atoms with Crippen LogP contribution in [0.1, 0.15) is 57.1 Å². The molecule has 3 aromatic carbocycles. The Bertz CT molecular complexity index is 1640. The lowest BCUT2D eigenvalue weighted by Gasteiger charge is -2.36. The van der Waals surface area contributed by atoms with E-state index in [9.17, 15) is 18.0 Å². The van der Waals surface area contributed by atoms with E-state index in [0.717, 1.165) is 53.4 Å². The summed E-state index contributed by atoms with van der Waals surface area (Å²) in [6.45, 7) is 7.01. The summed E-state index contributed by atoms with van der Waals surface area (Å²) in [6, 6.07) is 21.7. The van der Waals surface area contributed by atoms with Gasteiger partial charge in [0.1, 0.15) is 12.1 Å². The number of rotatable bonds is 10. The summed E-state index contributed by atoms with van der Waals surface area (Å²) in [5.41, 5.74) is 4.90. The van der Waals surface area contributed by atoms with E-state index in [1.54, 1.807) is 11.8 Å². The Labute approximate surface area is 271 Å². The molecule has 2 unspecified atom stereocenters. The summed E-state index contributed by atoms with van der Waals surface area (Å²) in [5.74, 6) is 1.41. The predicted molar refractivity (Wildman–Crippen MR) is 177 cm³/mol. The van der Waals surface area contributed by atoms with Gasteiger partial charge in [0.25, 0.3) is 0 Å². The summed E-state index contributed by atoms with van der Waals surface area (Å²) in [5, 5.41) is 8.19. The number of carbonyl (C=O) groups excluding carboxylic acids is 1. The zero-order chi connectivity index (χ0) is 32.7. The first-order valence-electron chi connectivity index (χ1n) is 15.4. The monoisotopic (exact) mass is 650 g/mol. The Kier molecular flexibility index (Phi) is 10.7. The number of alkyl halides is 3. The molecule has 1 N–H and O–H groups in total. The fraction of sp³-hybridized carbons (Fsp3) is 0.353. The van der Waals surface area contributed by atoms with Gasteiger partial charge in [-0.2, -0.15) is 4.99 Å². The first-order valence-corrected chi connectivity index (χ1v) is 16.3. The lowest BCUT2D eigenvalue weighted by atomic mass is 9.95. The zero-order valence-corrected chi connectivity index (χ0v) is 26.8. The highest BCUT2D eigenvalue weighted by molar-refractivity contribution is 8.14. The van der Waals surface area contributed by atoms with Gasteiger partial charge < -0.3 is 15.0 Å². The van der Waals surface area contributed by atoms with Crippen molar-refractivity contribution in [1.29, 1.82) is 0 Å². The number of aromatic nitrogens is 3. The molecular weight excluding hydrogens is 613 g/mol. The number of carbonyl (C=O) groups is 1. The topological polar surface area (TPSA) is 84.6 Å². The molecule has 1 saturated heterocycles. The molecule has 0 spiro atoms. The van der Waals surface area contributed by atoms with Crippen molar-refractivity contribution in [1.82, 2.24) is 20.1 Å². The van der Waals surface area contributed by atoms with Gasteiger partial charge in [0.05, 0.1) is 5.69 Å². The van der Waals surface area contributed by atoms with Crippen LogP contribution in [0.2, 0.25) is 0 Å². The van der Waals surface area contributed by atoms with Crippen molar-refractivity contribution in [2.75, 3.05) is 17.2 Å². The highest BCUT2D eigenvalue weighted by Crippen LogP contribution is 2.32.